The number of hydrogen-bond donors (Lipinski definition) is 11. The molecular weight excluding hydrogens is 1540 g/mol. The average Bonchev–Trinajstić information content (AvgIpc) is 1.30. The lowest BCUT2D eigenvalue weighted by Gasteiger charge is -2.63. The number of aliphatic hydroxyl groups is 5. The SMILES string of the molecule is C[C@H](CCC(=O)O)[C@H]1CC[C@H]2[C@@H]3CC[C@@H]4C[C@@H](OCCCCCCNC(=O)C5(C)CC(C)(C(=O)NCCCCCCO[C@H]6CC[C@@]7(C)[C@@H](C6)C[C@@H](O)[C@@H]6[C@@H]7C[C@H](O)[C@]7(C)[C@@H]([C@H](C)CCC(=O)O)CC[C@@H]67)CC(C)(C(=O)NCCCCCCO[C@H]6CC[C@]7(C)C8C[C@H](O)[C@]9(C)[C@@H]([C@H](C)CCC(=O)O)CC[C@H]9[C@@H]8[C@H](O)C[C@@H]7C6)C5)CC[C@]4(C)[C@H]3C[C@H](O)[C@]12C. The van der Waals surface area contributed by atoms with Gasteiger partial charge in [-0.15, -0.1) is 0 Å². The number of aliphatic hydroxyl groups excluding tert-OH is 5. The van der Waals surface area contributed by atoms with Crippen molar-refractivity contribution in [2.45, 2.75) is 408 Å². The highest BCUT2D eigenvalue weighted by molar-refractivity contribution is 5.90. The molecule has 0 aromatic heterocycles. The maximum absolute atomic E-state index is 14.8. The fraction of sp³-hybridized carbons (Fsp3) is 0.941. The van der Waals surface area contributed by atoms with Crippen LogP contribution in [0.3, 0.4) is 0 Å². The van der Waals surface area contributed by atoms with E-state index in [2.05, 4.69) is 78.3 Å². The Morgan fingerprint density at radius 3 is 0.984 bits per heavy atom. The maximum Gasteiger partial charge on any atom is 0.303 e. The Hall–Kier alpha value is -3.50. The number of aliphatic carboxylic acids is 3. The van der Waals surface area contributed by atoms with E-state index in [0.29, 0.717) is 126 Å². The molecule has 696 valence electrons. The summed E-state index contributed by atoms with van der Waals surface area (Å²) in [5.74, 6) is 3.03. The third-order valence-electron chi connectivity index (χ3n) is 40.0. The Kier molecular flexibility index (Phi) is 30.9. The van der Waals surface area contributed by atoms with E-state index in [1.165, 1.54) is 12.8 Å². The van der Waals surface area contributed by atoms with Gasteiger partial charge in [-0.1, -0.05) is 122 Å². The Morgan fingerprint density at radius 1 is 0.336 bits per heavy atom. The number of carbonyl (C=O) groups excluding carboxylic acids is 3. The minimum absolute atomic E-state index is 0.0213. The van der Waals surface area contributed by atoms with Crippen molar-refractivity contribution in [3.8, 4) is 0 Å². The lowest BCUT2D eigenvalue weighted by Crippen LogP contribution is -2.62. The van der Waals surface area contributed by atoms with Crippen molar-refractivity contribution >= 4 is 35.6 Å². The highest BCUT2D eigenvalue weighted by Gasteiger charge is 2.70. The van der Waals surface area contributed by atoms with Gasteiger partial charge in [0.25, 0.3) is 0 Å². The van der Waals surface area contributed by atoms with Crippen LogP contribution >= 0.6 is 0 Å². The molecule has 0 heterocycles. The molecule has 13 fully saturated rings. The van der Waals surface area contributed by atoms with Gasteiger partial charge in [-0.2, -0.15) is 0 Å². The molecule has 122 heavy (non-hydrogen) atoms. The van der Waals surface area contributed by atoms with Crippen LogP contribution in [0.2, 0.25) is 0 Å². The molecule has 20 heteroatoms. The van der Waals surface area contributed by atoms with Crippen molar-refractivity contribution in [1.82, 2.24) is 16.0 Å². The minimum Gasteiger partial charge on any atom is -0.481 e. The van der Waals surface area contributed by atoms with E-state index in [0.717, 1.165) is 199 Å². The van der Waals surface area contributed by atoms with Gasteiger partial charge in [0.15, 0.2) is 0 Å². The number of amides is 3. The molecule has 13 rings (SSSR count). The highest BCUT2D eigenvalue weighted by atomic mass is 16.5. The van der Waals surface area contributed by atoms with E-state index in [4.69, 9.17) is 14.2 Å². The first-order chi connectivity index (χ1) is 57.8. The van der Waals surface area contributed by atoms with Gasteiger partial charge in [0.2, 0.25) is 17.7 Å². The molecule has 0 aliphatic heterocycles. The molecule has 0 radical (unpaired) electrons. The predicted molar refractivity (Wildman–Crippen MR) is 473 cm³/mol. The van der Waals surface area contributed by atoms with E-state index in [1.54, 1.807) is 0 Å². The Balaban J connectivity index is 0.545. The van der Waals surface area contributed by atoms with Crippen LogP contribution in [-0.4, -0.2) is 165 Å². The van der Waals surface area contributed by atoms with Crippen LogP contribution in [0.4, 0.5) is 0 Å². The van der Waals surface area contributed by atoms with Crippen molar-refractivity contribution < 1.29 is 83.8 Å². The second kappa shape index (κ2) is 39.3. The van der Waals surface area contributed by atoms with Gasteiger partial charge in [-0.05, 0) is 357 Å². The number of ether oxygens (including phenoxy) is 3. The quantitative estimate of drug-likeness (QED) is 0.0255. The van der Waals surface area contributed by atoms with E-state index in [1.807, 2.05) is 20.8 Å². The van der Waals surface area contributed by atoms with E-state index >= 15 is 0 Å². The van der Waals surface area contributed by atoms with Crippen LogP contribution in [0.25, 0.3) is 0 Å². The topological polar surface area (TPSA) is 328 Å². The molecule has 0 aromatic carbocycles. The van der Waals surface area contributed by atoms with Gasteiger partial charge in [-0.25, -0.2) is 0 Å². The first-order valence-corrected chi connectivity index (χ1v) is 50.5. The minimum atomic E-state index is -0.987. The van der Waals surface area contributed by atoms with Crippen molar-refractivity contribution in [2.75, 3.05) is 39.5 Å². The third kappa shape index (κ3) is 19.2. The fourth-order valence-electron chi connectivity index (χ4n) is 33.5. The summed E-state index contributed by atoms with van der Waals surface area (Å²) in [7, 11) is 0. The van der Waals surface area contributed by atoms with Crippen LogP contribution < -0.4 is 16.0 Å². The van der Waals surface area contributed by atoms with Crippen LogP contribution in [0.15, 0.2) is 0 Å². The molecule has 4 unspecified atom stereocenters. The average molecular weight is 1710 g/mol. The molecule has 0 spiro atoms. The number of carboxylic acid groups (broad SMARTS) is 3. The van der Waals surface area contributed by atoms with E-state index in [-0.39, 0.29) is 159 Å². The molecule has 13 aliphatic carbocycles. The Morgan fingerprint density at radius 2 is 0.639 bits per heavy atom. The number of carboxylic acids is 3. The summed E-state index contributed by atoms with van der Waals surface area (Å²) >= 11 is 0. The molecular formula is C102H171N3O17. The zero-order valence-corrected chi connectivity index (χ0v) is 77.9. The van der Waals surface area contributed by atoms with E-state index < -0.39 is 58.6 Å². The summed E-state index contributed by atoms with van der Waals surface area (Å²) in [6, 6.07) is 0. The van der Waals surface area contributed by atoms with Gasteiger partial charge in [0, 0.05) is 75.0 Å². The Labute approximate surface area is 734 Å². The summed E-state index contributed by atoms with van der Waals surface area (Å²) in [5, 5.41) is 98.8. The first kappa shape index (κ1) is 96.1. The summed E-state index contributed by atoms with van der Waals surface area (Å²) in [6.07, 6.45) is 34.1. The number of fused-ring (bicyclic) bond motifs is 15. The van der Waals surface area contributed by atoms with Crippen molar-refractivity contribution in [2.24, 2.45) is 155 Å². The van der Waals surface area contributed by atoms with Gasteiger partial charge in [-0.3, -0.25) is 28.8 Å². The molecule has 20 nitrogen and oxygen atoms in total. The van der Waals surface area contributed by atoms with Crippen LogP contribution in [0, 0.1) is 155 Å². The smallest absolute Gasteiger partial charge is 0.303 e. The van der Waals surface area contributed by atoms with Crippen molar-refractivity contribution in [3.05, 3.63) is 0 Å². The normalized spacial score (nSPS) is 45.1. The molecule has 0 saturated heterocycles. The maximum atomic E-state index is 14.8. The van der Waals surface area contributed by atoms with Gasteiger partial charge < -0.3 is 71.0 Å². The lowest BCUT2D eigenvalue weighted by molar-refractivity contribution is -0.209. The number of carbonyl (C=O) groups is 6. The van der Waals surface area contributed by atoms with Crippen molar-refractivity contribution in [3.63, 3.8) is 0 Å². The molecule has 0 aromatic rings. The monoisotopic (exact) mass is 1710 g/mol. The Bertz CT molecular complexity index is 3390. The van der Waals surface area contributed by atoms with Crippen LogP contribution in [-0.2, 0) is 43.0 Å². The van der Waals surface area contributed by atoms with Gasteiger partial charge in [0.05, 0.1) is 48.8 Å². The number of nitrogens with one attached hydrogen (secondary N) is 3. The molecule has 13 saturated carbocycles. The summed E-state index contributed by atoms with van der Waals surface area (Å²) in [6.45, 7) is 30.2. The zero-order valence-electron chi connectivity index (χ0n) is 77.9. The second-order valence-corrected chi connectivity index (χ2v) is 46.9. The third-order valence-corrected chi connectivity index (χ3v) is 40.0. The van der Waals surface area contributed by atoms with Gasteiger partial charge >= 0.3 is 17.9 Å². The molecule has 35 atom stereocenters. The standard InChI is InChI=1S/C102H171N3O17/c1-62(25-36-86(111)112)72-30-33-75-71-29-28-65-51-68(39-42-97(65,7)78(71)56-83(108)100(72,75)10)120-48-22-16-13-19-45-103-91(117)94(4)59-95(5,92(118)104-46-20-14-17-23-49-121-69-40-43-98(8)66(52-69)54-81(106)89-76-34-31-73(63(2)26-37-87(113)114)101(76,11)84(109)57-79(89)98)61-96(6,60-94)93(119)105-47-21-15-18-24-50-122-70-41-44-99(9)67(53-70)55-82(107)90-77-35-32-74(64(3)27-38-88(115)116)102(77,12)85(110)58-80(90)99/h62-85,89-90,106-110H,13-61H2,1-12H3,(H,103,117)(H,104,118)(H,105,119)(H,111,112)(H,113,114)(H,115,116)/t62-,63-,64-,65-,66+,67+,68+,69+,70+,71+,72-,73-,74-,75+,76+,77+,78+,79+,80?,81-,82-,83+,84+,85+,89+,90+,94?,95?,96?,97+,98+,99+,100-,101-,102-/m1/s1. The molecule has 0 bridgehead atoms. The van der Waals surface area contributed by atoms with Crippen molar-refractivity contribution in [1.29, 1.82) is 0 Å². The zero-order chi connectivity index (χ0) is 87.9. The summed E-state index contributed by atoms with van der Waals surface area (Å²) in [4.78, 5) is 78.9. The lowest BCUT2D eigenvalue weighted by atomic mass is 9.43. The van der Waals surface area contributed by atoms with Crippen LogP contribution in [0.1, 0.15) is 359 Å². The van der Waals surface area contributed by atoms with Gasteiger partial charge in [0.1, 0.15) is 0 Å². The molecule has 3 amide bonds. The van der Waals surface area contributed by atoms with Crippen LogP contribution in [0.5, 0.6) is 0 Å². The highest BCUT2D eigenvalue weighted by Crippen LogP contribution is 2.73. The second-order valence-electron chi connectivity index (χ2n) is 46.9. The molecule has 13 aliphatic rings. The number of rotatable bonds is 39. The predicted octanol–water partition coefficient (Wildman–Crippen LogP) is 17.7. The number of hydrogen-bond acceptors (Lipinski definition) is 14. The summed E-state index contributed by atoms with van der Waals surface area (Å²) < 4.78 is 20.0. The largest absolute Gasteiger partial charge is 0.481 e. The molecule has 11 N–H and O–H groups in total. The van der Waals surface area contributed by atoms with E-state index in [9.17, 15) is 69.6 Å². The number of unbranched alkanes of at least 4 members (excludes halogenated alkanes) is 9. The fourth-order valence-corrected chi connectivity index (χ4v) is 33.5. The summed E-state index contributed by atoms with van der Waals surface area (Å²) in [5.41, 5.74) is -3.51. The first-order valence-electron chi connectivity index (χ1n) is 50.5.